The fourth-order valence-corrected chi connectivity index (χ4v) is 3.92. The Morgan fingerprint density at radius 2 is 1.73 bits per heavy atom. The first-order valence-corrected chi connectivity index (χ1v) is 11.5. The molecule has 1 N–H and O–H groups in total. The van der Waals surface area contributed by atoms with Crippen molar-refractivity contribution < 1.29 is 19.4 Å². The van der Waals surface area contributed by atoms with Crippen LogP contribution in [-0.2, 0) is 9.59 Å². The molecular formula is C26H33N3O4. The quantitative estimate of drug-likeness (QED) is 0.335. The highest BCUT2D eigenvalue weighted by Gasteiger charge is 2.45. The molecule has 1 aromatic carbocycles. The fraction of sp³-hybridized carbons (Fsp3) is 0.423. The number of carbonyl (C=O) groups is 2. The molecule has 1 aliphatic rings. The van der Waals surface area contributed by atoms with Gasteiger partial charge in [0.2, 0.25) is 0 Å². The number of benzene rings is 1. The van der Waals surface area contributed by atoms with Crippen LogP contribution in [-0.4, -0.2) is 64.4 Å². The summed E-state index contributed by atoms with van der Waals surface area (Å²) < 4.78 is 5.71. The number of carbonyl (C=O) groups excluding carboxylic acids is 2. The largest absolute Gasteiger partial charge is 0.507 e. The fourth-order valence-electron chi connectivity index (χ4n) is 3.92. The Morgan fingerprint density at radius 1 is 1.09 bits per heavy atom. The Hall–Kier alpha value is -3.19. The minimum atomic E-state index is -0.672. The monoisotopic (exact) mass is 451 g/mol. The van der Waals surface area contributed by atoms with Gasteiger partial charge in [0.15, 0.2) is 0 Å². The molecule has 1 amide bonds. The van der Waals surface area contributed by atoms with Crippen molar-refractivity contribution in [2.24, 2.45) is 5.92 Å². The maximum Gasteiger partial charge on any atom is 0.295 e. The van der Waals surface area contributed by atoms with Gasteiger partial charge >= 0.3 is 0 Å². The second-order valence-corrected chi connectivity index (χ2v) is 8.53. The summed E-state index contributed by atoms with van der Waals surface area (Å²) in [7, 11) is 0. The number of ether oxygens (including phenoxy) is 1. The number of Topliss-reactive ketones (excluding diaryl/α,β-unsaturated/α-hetero) is 1. The predicted octanol–water partition coefficient (Wildman–Crippen LogP) is 3.88. The third-order valence-electron chi connectivity index (χ3n) is 5.82. The summed E-state index contributed by atoms with van der Waals surface area (Å²) >= 11 is 0. The van der Waals surface area contributed by atoms with Gasteiger partial charge in [0.05, 0.1) is 18.2 Å². The molecule has 2 heterocycles. The van der Waals surface area contributed by atoms with Crippen LogP contribution in [0, 0.1) is 5.92 Å². The molecule has 0 spiro atoms. The Bertz CT molecular complexity index is 982. The molecule has 1 saturated heterocycles. The third-order valence-corrected chi connectivity index (χ3v) is 5.82. The summed E-state index contributed by atoms with van der Waals surface area (Å²) in [6.07, 6.45) is 3.25. The lowest BCUT2D eigenvalue weighted by Gasteiger charge is -2.28. The number of likely N-dealkylation sites (tertiary alicyclic amines) is 1. The summed E-state index contributed by atoms with van der Waals surface area (Å²) in [4.78, 5) is 33.9. The molecule has 0 unspecified atom stereocenters. The van der Waals surface area contributed by atoms with Crippen LogP contribution in [0.5, 0.6) is 5.75 Å². The van der Waals surface area contributed by atoms with Crippen LogP contribution in [0.4, 0.5) is 0 Å². The van der Waals surface area contributed by atoms with Gasteiger partial charge in [-0.1, -0.05) is 27.7 Å². The number of amides is 1. The van der Waals surface area contributed by atoms with E-state index in [1.807, 2.05) is 0 Å². The van der Waals surface area contributed by atoms with E-state index in [0.29, 0.717) is 36.9 Å². The number of likely N-dealkylation sites (N-methyl/N-ethyl adjacent to an activating group) is 1. The van der Waals surface area contributed by atoms with Gasteiger partial charge in [-0.25, -0.2) is 0 Å². The standard InChI is InChI=1S/C26H33N3O4/c1-5-28(6-2)15-16-29-23(19-11-13-27-14-12-19)22(25(31)26(29)32)24(30)20-7-9-21(10-8-20)33-17-18(3)4/h7-14,18,23,30H,5-6,15-17H2,1-4H3/b24-22+/t23-/m1/s1. The van der Waals surface area contributed by atoms with E-state index in [1.54, 1.807) is 53.7 Å². The molecule has 0 aliphatic carbocycles. The second kappa shape index (κ2) is 11.1. The lowest BCUT2D eigenvalue weighted by Crippen LogP contribution is -2.38. The van der Waals surface area contributed by atoms with E-state index in [0.717, 1.165) is 18.7 Å². The molecule has 7 nitrogen and oxygen atoms in total. The van der Waals surface area contributed by atoms with Crippen molar-refractivity contribution in [3.63, 3.8) is 0 Å². The third kappa shape index (κ3) is 5.60. The van der Waals surface area contributed by atoms with E-state index < -0.39 is 17.7 Å². The summed E-state index contributed by atoms with van der Waals surface area (Å²) in [6.45, 7) is 11.6. The van der Waals surface area contributed by atoms with Gasteiger partial charge in [-0.15, -0.1) is 0 Å². The molecule has 3 rings (SSSR count). The molecule has 0 saturated carbocycles. The normalized spacial score (nSPS) is 17.9. The minimum absolute atomic E-state index is 0.0987. The van der Waals surface area contributed by atoms with E-state index in [-0.39, 0.29) is 11.3 Å². The number of rotatable bonds is 10. The molecule has 2 aromatic rings. The van der Waals surface area contributed by atoms with Crippen LogP contribution >= 0.6 is 0 Å². The lowest BCUT2D eigenvalue weighted by molar-refractivity contribution is -0.140. The van der Waals surface area contributed by atoms with Crippen LogP contribution in [0.3, 0.4) is 0 Å². The van der Waals surface area contributed by atoms with E-state index in [2.05, 4.69) is 37.6 Å². The number of hydrogen-bond acceptors (Lipinski definition) is 6. The molecule has 0 bridgehead atoms. The van der Waals surface area contributed by atoms with Gasteiger partial charge in [-0.05, 0) is 61.0 Å². The maximum absolute atomic E-state index is 13.1. The van der Waals surface area contributed by atoms with Crippen molar-refractivity contribution in [2.75, 3.05) is 32.8 Å². The number of ketones is 1. The Morgan fingerprint density at radius 3 is 2.30 bits per heavy atom. The highest BCUT2D eigenvalue weighted by molar-refractivity contribution is 6.46. The molecule has 33 heavy (non-hydrogen) atoms. The van der Waals surface area contributed by atoms with Crippen LogP contribution in [0.1, 0.15) is 44.9 Å². The topological polar surface area (TPSA) is 83.0 Å². The summed E-state index contributed by atoms with van der Waals surface area (Å²) in [5.41, 5.74) is 1.30. The number of hydrogen-bond donors (Lipinski definition) is 1. The molecule has 7 heteroatoms. The van der Waals surface area contributed by atoms with Crippen LogP contribution in [0.25, 0.3) is 5.76 Å². The molecule has 1 aromatic heterocycles. The van der Waals surface area contributed by atoms with Gasteiger partial charge in [-0.3, -0.25) is 14.6 Å². The number of nitrogens with zero attached hydrogens (tertiary/aromatic N) is 3. The number of aliphatic hydroxyl groups excluding tert-OH is 1. The van der Waals surface area contributed by atoms with Crippen molar-refractivity contribution in [1.29, 1.82) is 0 Å². The average Bonchev–Trinajstić information content (AvgIpc) is 3.08. The van der Waals surface area contributed by atoms with E-state index in [1.165, 1.54) is 0 Å². The van der Waals surface area contributed by atoms with Crippen molar-refractivity contribution in [3.05, 3.63) is 65.5 Å². The Labute approximate surface area is 195 Å². The van der Waals surface area contributed by atoms with Gasteiger partial charge in [0.1, 0.15) is 11.5 Å². The SMILES string of the molecule is CCN(CC)CCN1C(=O)C(=O)/C(=C(/O)c2ccc(OCC(C)C)cc2)[C@H]1c1ccncc1. The first-order chi connectivity index (χ1) is 15.9. The van der Waals surface area contributed by atoms with Crippen LogP contribution in [0.2, 0.25) is 0 Å². The molecular weight excluding hydrogens is 418 g/mol. The molecule has 0 radical (unpaired) electrons. The Balaban J connectivity index is 1.98. The molecule has 1 fully saturated rings. The average molecular weight is 452 g/mol. The highest BCUT2D eigenvalue weighted by atomic mass is 16.5. The lowest BCUT2D eigenvalue weighted by atomic mass is 9.96. The smallest absolute Gasteiger partial charge is 0.295 e. The van der Waals surface area contributed by atoms with Crippen molar-refractivity contribution >= 4 is 17.4 Å². The van der Waals surface area contributed by atoms with E-state index in [4.69, 9.17) is 4.74 Å². The zero-order valence-corrected chi connectivity index (χ0v) is 19.8. The second-order valence-electron chi connectivity index (χ2n) is 8.53. The first-order valence-electron chi connectivity index (χ1n) is 11.5. The van der Waals surface area contributed by atoms with E-state index in [9.17, 15) is 14.7 Å². The van der Waals surface area contributed by atoms with Gasteiger partial charge < -0.3 is 19.6 Å². The zero-order valence-electron chi connectivity index (χ0n) is 19.8. The predicted molar refractivity (Wildman–Crippen MR) is 128 cm³/mol. The number of aromatic nitrogens is 1. The van der Waals surface area contributed by atoms with E-state index >= 15 is 0 Å². The van der Waals surface area contributed by atoms with Crippen molar-refractivity contribution in [3.8, 4) is 5.75 Å². The Kier molecular flexibility index (Phi) is 8.22. The van der Waals surface area contributed by atoms with Crippen LogP contribution < -0.4 is 4.74 Å². The minimum Gasteiger partial charge on any atom is -0.507 e. The van der Waals surface area contributed by atoms with Gasteiger partial charge in [-0.2, -0.15) is 0 Å². The van der Waals surface area contributed by atoms with Crippen LogP contribution in [0.15, 0.2) is 54.4 Å². The van der Waals surface area contributed by atoms with Gasteiger partial charge in [0.25, 0.3) is 11.7 Å². The number of aliphatic hydroxyl groups is 1. The molecule has 176 valence electrons. The van der Waals surface area contributed by atoms with Gasteiger partial charge in [0, 0.05) is 31.0 Å². The zero-order chi connectivity index (χ0) is 24.0. The van der Waals surface area contributed by atoms with Crippen molar-refractivity contribution in [2.45, 2.75) is 33.7 Å². The summed E-state index contributed by atoms with van der Waals surface area (Å²) in [5, 5.41) is 11.1. The summed E-state index contributed by atoms with van der Waals surface area (Å²) in [6, 6.07) is 9.81. The number of pyridine rings is 1. The molecule has 1 aliphatic heterocycles. The van der Waals surface area contributed by atoms with Crippen molar-refractivity contribution in [1.82, 2.24) is 14.8 Å². The highest BCUT2D eigenvalue weighted by Crippen LogP contribution is 2.39. The first kappa shape index (κ1) is 24.5. The maximum atomic E-state index is 13.1. The summed E-state index contributed by atoms with van der Waals surface area (Å²) in [5.74, 6) is -0.372. The molecule has 1 atom stereocenters.